The first-order valence-electron chi connectivity index (χ1n) is 12.1. The molecule has 6 rings (SSSR count). The van der Waals surface area contributed by atoms with Crippen LogP contribution in [0.15, 0.2) is 77.3 Å². The van der Waals surface area contributed by atoms with Gasteiger partial charge in [-0.1, -0.05) is 68.5 Å². The molecule has 0 N–H and O–H groups in total. The minimum absolute atomic E-state index is 0.681. The van der Waals surface area contributed by atoms with Gasteiger partial charge < -0.3 is 4.42 Å². The molecule has 0 amide bonds. The highest BCUT2D eigenvalue weighted by atomic mass is 16.3. The lowest BCUT2D eigenvalue weighted by Crippen LogP contribution is -2.09. The molecule has 0 aliphatic heterocycles. The third-order valence-corrected chi connectivity index (χ3v) is 7.11. The van der Waals surface area contributed by atoms with Crippen LogP contribution in [0.1, 0.15) is 43.2 Å². The summed E-state index contributed by atoms with van der Waals surface area (Å²) in [6.07, 6.45) is 9.94. The van der Waals surface area contributed by atoms with E-state index in [9.17, 15) is 0 Å². The molecule has 1 fully saturated rings. The number of aromatic nitrogens is 2. The Kier molecular flexibility index (Phi) is 5.18. The van der Waals surface area contributed by atoms with E-state index < -0.39 is 0 Å². The van der Waals surface area contributed by atoms with Crippen molar-refractivity contribution in [1.82, 2.24) is 9.97 Å². The van der Waals surface area contributed by atoms with Crippen LogP contribution in [-0.2, 0) is 6.42 Å². The molecule has 3 heterocycles. The lowest BCUT2D eigenvalue weighted by Gasteiger charge is -2.21. The summed E-state index contributed by atoms with van der Waals surface area (Å²) in [5, 5.41) is 2.19. The van der Waals surface area contributed by atoms with Crippen LogP contribution in [0.4, 0.5) is 0 Å². The highest BCUT2D eigenvalue weighted by Crippen LogP contribution is 2.38. The van der Waals surface area contributed by atoms with Gasteiger partial charge in [0.15, 0.2) is 0 Å². The minimum atomic E-state index is 0.681. The third kappa shape index (κ3) is 3.82. The molecule has 3 aromatic heterocycles. The SMILES string of the molecule is Cc1ccc(-c2cc(CC3CCCCC3)ccn2)c2oc3nc(-c4ccccc4)ccc3c12. The monoisotopic (exact) mass is 432 g/mol. The smallest absolute Gasteiger partial charge is 0.227 e. The Morgan fingerprint density at radius 2 is 1.73 bits per heavy atom. The summed E-state index contributed by atoms with van der Waals surface area (Å²) in [6.45, 7) is 2.14. The maximum atomic E-state index is 6.42. The average molecular weight is 433 g/mol. The lowest BCUT2D eigenvalue weighted by atomic mass is 9.85. The van der Waals surface area contributed by atoms with Crippen molar-refractivity contribution in [1.29, 1.82) is 0 Å². The molecule has 3 heteroatoms. The van der Waals surface area contributed by atoms with Crippen molar-refractivity contribution in [2.75, 3.05) is 0 Å². The molecule has 0 spiro atoms. The second-order valence-electron chi connectivity index (χ2n) is 9.41. The van der Waals surface area contributed by atoms with Crippen LogP contribution in [0.5, 0.6) is 0 Å². The van der Waals surface area contributed by atoms with E-state index in [4.69, 9.17) is 14.4 Å². The molecular weight excluding hydrogens is 404 g/mol. The number of hydrogen-bond donors (Lipinski definition) is 0. The van der Waals surface area contributed by atoms with Crippen molar-refractivity contribution in [2.24, 2.45) is 5.92 Å². The Morgan fingerprint density at radius 1 is 0.879 bits per heavy atom. The molecule has 0 saturated heterocycles. The van der Waals surface area contributed by atoms with Crippen LogP contribution in [0.25, 0.3) is 44.6 Å². The van der Waals surface area contributed by atoms with Gasteiger partial charge in [-0.2, -0.15) is 0 Å². The molecule has 1 aliphatic carbocycles. The molecule has 164 valence electrons. The molecule has 0 radical (unpaired) electrons. The van der Waals surface area contributed by atoms with E-state index in [0.717, 1.165) is 51.2 Å². The van der Waals surface area contributed by atoms with Crippen molar-refractivity contribution in [3.8, 4) is 22.5 Å². The van der Waals surface area contributed by atoms with Gasteiger partial charge in [0, 0.05) is 28.1 Å². The summed E-state index contributed by atoms with van der Waals surface area (Å²) >= 11 is 0. The summed E-state index contributed by atoms with van der Waals surface area (Å²) in [6, 6.07) is 23.2. The third-order valence-electron chi connectivity index (χ3n) is 7.11. The average Bonchev–Trinajstić information content (AvgIpc) is 3.25. The Hall–Kier alpha value is -3.46. The zero-order valence-electron chi connectivity index (χ0n) is 19.1. The number of pyridine rings is 2. The molecule has 2 aromatic carbocycles. The number of furan rings is 1. The predicted octanol–water partition coefficient (Wildman–Crippen LogP) is 8.14. The Labute approximate surface area is 194 Å². The summed E-state index contributed by atoms with van der Waals surface area (Å²) in [7, 11) is 0. The van der Waals surface area contributed by atoms with E-state index >= 15 is 0 Å². The molecule has 0 atom stereocenters. The second kappa shape index (κ2) is 8.47. The zero-order valence-corrected chi connectivity index (χ0v) is 19.1. The van der Waals surface area contributed by atoms with Gasteiger partial charge >= 0.3 is 0 Å². The van der Waals surface area contributed by atoms with Gasteiger partial charge in [-0.3, -0.25) is 4.98 Å². The van der Waals surface area contributed by atoms with Crippen LogP contribution in [0, 0.1) is 12.8 Å². The quantitative estimate of drug-likeness (QED) is 0.288. The van der Waals surface area contributed by atoms with Crippen LogP contribution >= 0.6 is 0 Å². The van der Waals surface area contributed by atoms with Gasteiger partial charge in [-0.25, -0.2) is 4.98 Å². The van der Waals surface area contributed by atoms with Gasteiger partial charge in [0.1, 0.15) is 5.58 Å². The summed E-state index contributed by atoms with van der Waals surface area (Å²) in [5.74, 6) is 0.804. The fourth-order valence-corrected chi connectivity index (χ4v) is 5.37. The van der Waals surface area contributed by atoms with E-state index in [0.29, 0.717) is 5.71 Å². The molecule has 0 bridgehead atoms. The highest BCUT2D eigenvalue weighted by Gasteiger charge is 2.18. The van der Waals surface area contributed by atoms with Gasteiger partial charge in [0.25, 0.3) is 0 Å². The van der Waals surface area contributed by atoms with Crippen molar-refractivity contribution in [2.45, 2.75) is 45.4 Å². The number of fused-ring (bicyclic) bond motifs is 3. The Bertz CT molecular complexity index is 1430. The van der Waals surface area contributed by atoms with E-state index in [2.05, 4.69) is 55.5 Å². The first-order chi connectivity index (χ1) is 16.3. The Balaban J connectivity index is 1.44. The topological polar surface area (TPSA) is 38.9 Å². The Morgan fingerprint density at radius 3 is 2.58 bits per heavy atom. The van der Waals surface area contributed by atoms with Crippen LogP contribution in [0.3, 0.4) is 0 Å². The van der Waals surface area contributed by atoms with Crippen LogP contribution < -0.4 is 0 Å². The molecular formula is C30H28N2O. The lowest BCUT2D eigenvalue weighted by molar-refractivity contribution is 0.356. The van der Waals surface area contributed by atoms with Crippen molar-refractivity contribution in [3.63, 3.8) is 0 Å². The molecule has 3 nitrogen and oxygen atoms in total. The van der Waals surface area contributed by atoms with Crippen molar-refractivity contribution < 1.29 is 4.42 Å². The predicted molar refractivity (Wildman–Crippen MR) is 135 cm³/mol. The number of aryl methyl sites for hydroxylation is 1. The van der Waals surface area contributed by atoms with E-state index in [1.165, 1.54) is 43.2 Å². The standard InChI is InChI=1S/C30H28N2O/c1-20-12-13-24(27-19-22(16-17-31-27)18-21-8-4-2-5-9-21)29-28(20)25-14-15-26(32-30(25)33-29)23-10-6-3-7-11-23/h3,6-7,10-17,19,21H,2,4-5,8-9,18H2,1H3. The fraction of sp³-hybridized carbons (Fsp3) is 0.267. The second-order valence-corrected chi connectivity index (χ2v) is 9.41. The largest absolute Gasteiger partial charge is 0.437 e. The number of rotatable bonds is 4. The number of hydrogen-bond acceptors (Lipinski definition) is 3. The number of nitrogens with zero attached hydrogens (tertiary/aromatic N) is 2. The minimum Gasteiger partial charge on any atom is -0.437 e. The first-order valence-corrected chi connectivity index (χ1v) is 12.1. The van der Waals surface area contributed by atoms with Gasteiger partial charge in [0.2, 0.25) is 5.71 Å². The van der Waals surface area contributed by atoms with E-state index in [-0.39, 0.29) is 0 Å². The summed E-state index contributed by atoms with van der Waals surface area (Å²) in [5.41, 5.74) is 8.17. The summed E-state index contributed by atoms with van der Waals surface area (Å²) in [4.78, 5) is 9.60. The van der Waals surface area contributed by atoms with E-state index in [1.807, 2.05) is 24.4 Å². The van der Waals surface area contributed by atoms with Crippen LogP contribution in [-0.4, -0.2) is 9.97 Å². The van der Waals surface area contributed by atoms with Crippen molar-refractivity contribution in [3.05, 3.63) is 84.1 Å². The molecule has 1 aliphatic rings. The molecule has 5 aromatic rings. The van der Waals surface area contributed by atoms with Crippen LogP contribution in [0.2, 0.25) is 0 Å². The maximum absolute atomic E-state index is 6.42. The van der Waals surface area contributed by atoms with E-state index in [1.54, 1.807) is 0 Å². The zero-order chi connectivity index (χ0) is 22.2. The van der Waals surface area contributed by atoms with Crippen molar-refractivity contribution >= 4 is 22.1 Å². The summed E-state index contributed by atoms with van der Waals surface area (Å²) < 4.78 is 6.42. The fourth-order valence-electron chi connectivity index (χ4n) is 5.37. The maximum Gasteiger partial charge on any atom is 0.227 e. The van der Waals surface area contributed by atoms with Gasteiger partial charge in [-0.15, -0.1) is 0 Å². The normalized spacial score (nSPS) is 14.8. The molecule has 0 unspecified atom stereocenters. The first kappa shape index (κ1) is 20.2. The molecule has 33 heavy (non-hydrogen) atoms. The van der Waals surface area contributed by atoms with Gasteiger partial charge in [0.05, 0.1) is 11.4 Å². The number of benzene rings is 2. The molecule has 1 saturated carbocycles. The van der Waals surface area contributed by atoms with Gasteiger partial charge in [-0.05, 0) is 60.7 Å². The highest BCUT2D eigenvalue weighted by molar-refractivity contribution is 6.10.